The van der Waals surface area contributed by atoms with E-state index in [0.717, 1.165) is 25.0 Å². The lowest BCUT2D eigenvalue weighted by Gasteiger charge is -2.39. The number of fused-ring (bicyclic) bond motifs is 1. The van der Waals surface area contributed by atoms with Crippen molar-refractivity contribution >= 4 is 11.0 Å². The number of imidazole rings is 1. The van der Waals surface area contributed by atoms with Crippen LogP contribution in [0, 0.1) is 0 Å². The minimum Gasteiger partial charge on any atom is -0.322 e. The van der Waals surface area contributed by atoms with Crippen molar-refractivity contribution in [2.24, 2.45) is 0 Å². The maximum absolute atomic E-state index is 5.07. The third kappa shape index (κ3) is 2.38. The molecule has 0 bridgehead atoms. The van der Waals surface area contributed by atoms with E-state index in [9.17, 15) is 0 Å². The summed E-state index contributed by atoms with van der Waals surface area (Å²) in [5.41, 5.74) is 2.61. The van der Waals surface area contributed by atoms with Gasteiger partial charge in [0.2, 0.25) is 0 Å². The highest BCUT2D eigenvalue weighted by atomic mass is 15.2. The molecule has 0 spiro atoms. The summed E-state index contributed by atoms with van der Waals surface area (Å²) in [4.78, 5) is 5.07. The molecule has 0 amide bonds. The van der Waals surface area contributed by atoms with Crippen LogP contribution in [0.4, 0.5) is 0 Å². The fourth-order valence-corrected chi connectivity index (χ4v) is 3.68. The number of nitrogens with zero attached hydrogens (tertiary/aromatic N) is 2. The lowest BCUT2D eigenvalue weighted by atomic mass is 9.77. The largest absolute Gasteiger partial charge is 0.322 e. The molecule has 1 fully saturated rings. The maximum Gasteiger partial charge on any atom is 0.117 e. The summed E-state index contributed by atoms with van der Waals surface area (Å²) in [6.45, 7) is 11.3. The monoisotopic (exact) mass is 285 g/mol. The zero-order valence-corrected chi connectivity index (χ0v) is 13.7. The van der Waals surface area contributed by atoms with Crippen molar-refractivity contribution in [2.45, 2.75) is 57.9 Å². The number of benzene rings is 1. The molecule has 1 aliphatic heterocycles. The summed E-state index contributed by atoms with van der Waals surface area (Å²) in [5, 5.41) is 3.59. The molecule has 1 aromatic heterocycles. The van der Waals surface area contributed by atoms with Gasteiger partial charge in [-0.25, -0.2) is 4.98 Å². The number of rotatable bonds is 2. The van der Waals surface area contributed by atoms with E-state index in [0.29, 0.717) is 0 Å². The summed E-state index contributed by atoms with van der Waals surface area (Å²) >= 11 is 0. The summed E-state index contributed by atoms with van der Waals surface area (Å²) in [7, 11) is 0. The second-order valence-electron chi connectivity index (χ2n) is 7.34. The Balaban J connectivity index is 2.26. The van der Waals surface area contributed by atoms with Crippen LogP contribution in [0.2, 0.25) is 0 Å². The first-order valence-electron chi connectivity index (χ1n) is 8.17. The fraction of sp³-hybridized carbons (Fsp3) is 0.611. The van der Waals surface area contributed by atoms with Gasteiger partial charge in [-0.3, -0.25) is 0 Å². The van der Waals surface area contributed by atoms with Crippen molar-refractivity contribution in [3.63, 3.8) is 0 Å². The van der Waals surface area contributed by atoms with E-state index in [-0.39, 0.29) is 11.0 Å². The van der Waals surface area contributed by atoms with Crippen LogP contribution in [0.5, 0.6) is 0 Å². The minimum atomic E-state index is 0.0467. The van der Waals surface area contributed by atoms with Crippen molar-refractivity contribution in [3.05, 3.63) is 30.1 Å². The molecular formula is C18H27N3. The van der Waals surface area contributed by atoms with Crippen molar-refractivity contribution in [1.29, 1.82) is 0 Å². The van der Waals surface area contributed by atoms with Gasteiger partial charge < -0.3 is 9.88 Å². The number of para-hydroxylation sites is 2. The Kier molecular flexibility index (Phi) is 3.56. The van der Waals surface area contributed by atoms with Gasteiger partial charge in [-0.2, -0.15) is 0 Å². The molecule has 3 rings (SSSR count). The van der Waals surface area contributed by atoms with Crippen LogP contribution >= 0.6 is 0 Å². The van der Waals surface area contributed by atoms with Gasteiger partial charge >= 0.3 is 0 Å². The predicted octanol–water partition coefficient (Wildman–Crippen LogP) is 3.82. The van der Waals surface area contributed by atoms with Gasteiger partial charge in [0, 0.05) is 17.5 Å². The van der Waals surface area contributed by atoms with Gasteiger partial charge in [-0.15, -0.1) is 0 Å². The summed E-state index contributed by atoms with van der Waals surface area (Å²) in [6.07, 6.45) is 3.61. The van der Waals surface area contributed by atoms with E-state index in [4.69, 9.17) is 4.98 Å². The van der Waals surface area contributed by atoms with Crippen LogP contribution in [0.25, 0.3) is 11.0 Å². The van der Waals surface area contributed by atoms with Crippen LogP contribution in [0.1, 0.15) is 52.8 Å². The Hall–Kier alpha value is -1.35. The average Bonchev–Trinajstić information content (AvgIpc) is 2.88. The first-order valence-corrected chi connectivity index (χ1v) is 8.17. The molecule has 3 nitrogen and oxygen atoms in total. The molecule has 2 heterocycles. The Labute approximate surface area is 127 Å². The lowest BCUT2D eigenvalue weighted by Crippen LogP contribution is -2.46. The molecule has 1 atom stereocenters. The van der Waals surface area contributed by atoms with Gasteiger partial charge in [-0.1, -0.05) is 19.1 Å². The zero-order valence-electron chi connectivity index (χ0n) is 13.7. The zero-order chi connectivity index (χ0) is 15.1. The van der Waals surface area contributed by atoms with Gasteiger partial charge in [0.15, 0.2) is 0 Å². The summed E-state index contributed by atoms with van der Waals surface area (Å²) in [5.74, 6) is 1.27. The van der Waals surface area contributed by atoms with Gasteiger partial charge in [0.1, 0.15) is 5.82 Å². The summed E-state index contributed by atoms with van der Waals surface area (Å²) in [6, 6.07) is 8.55. The number of piperidine rings is 1. The molecule has 3 heteroatoms. The normalized spacial score (nSPS) is 23.6. The molecule has 2 aromatic rings. The molecule has 21 heavy (non-hydrogen) atoms. The molecule has 0 saturated carbocycles. The van der Waals surface area contributed by atoms with Crippen LogP contribution in [-0.4, -0.2) is 22.6 Å². The predicted molar refractivity (Wildman–Crippen MR) is 88.8 cm³/mol. The minimum absolute atomic E-state index is 0.0467. The first kappa shape index (κ1) is 14.6. The number of aromatic nitrogens is 2. The second-order valence-corrected chi connectivity index (χ2v) is 7.34. The van der Waals surface area contributed by atoms with Crippen molar-refractivity contribution in [1.82, 2.24) is 14.9 Å². The highest BCUT2D eigenvalue weighted by Gasteiger charge is 2.38. The molecule has 114 valence electrons. The fourth-order valence-electron chi connectivity index (χ4n) is 3.68. The standard InChI is InChI=1S/C18H27N3/c1-5-18(11-8-12-19-13-18)16-20-14-9-6-7-10-15(14)21(16)17(2,3)4/h6-7,9-10,19H,5,8,11-13H2,1-4H3. The topological polar surface area (TPSA) is 29.9 Å². The second kappa shape index (κ2) is 5.13. The van der Waals surface area contributed by atoms with Gasteiger partial charge in [0.25, 0.3) is 0 Å². The van der Waals surface area contributed by atoms with Crippen LogP contribution in [-0.2, 0) is 11.0 Å². The van der Waals surface area contributed by atoms with E-state index in [1.807, 2.05) is 0 Å². The van der Waals surface area contributed by atoms with E-state index < -0.39 is 0 Å². The Bertz CT molecular complexity index is 627. The van der Waals surface area contributed by atoms with Crippen LogP contribution in [0.15, 0.2) is 24.3 Å². The van der Waals surface area contributed by atoms with Crippen molar-refractivity contribution in [2.75, 3.05) is 13.1 Å². The lowest BCUT2D eigenvalue weighted by molar-refractivity contribution is 0.259. The maximum atomic E-state index is 5.07. The van der Waals surface area contributed by atoms with E-state index in [1.54, 1.807) is 0 Å². The van der Waals surface area contributed by atoms with E-state index in [2.05, 4.69) is 61.8 Å². The van der Waals surface area contributed by atoms with Gasteiger partial charge in [0.05, 0.1) is 11.0 Å². The third-order valence-electron chi connectivity index (χ3n) is 4.86. The molecule has 0 aliphatic carbocycles. The quantitative estimate of drug-likeness (QED) is 0.909. The van der Waals surface area contributed by atoms with Crippen LogP contribution in [0.3, 0.4) is 0 Å². The van der Waals surface area contributed by atoms with E-state index in [1.165, 1.54) is 24.2 Å². The molecule has 0 radical (unpaired) electrons. The molecule has 1 saturated heterocycles. The smallest absolute Gasteiger partial charge is 0.117 e. The SMILES string of the molecule is CCC1(c2nc3ccccc3n2C(C)(C)C)CCCNC1. The Morgan fingerprint density at radius 3 is 2.67 bits per heavy atom. The van der Waals surface area contributed by atoms with E-state index >= 15 is 0 Å². The average molecular weight is 285 g/mol. The molecule has 1 aromatic carbocycles. The number of nitrogens with one attached hydrogen (secondary N) is 1. The highest BCUT2D eigenvalue weighted by molar-refractivity contribution is 5.76. The number of hydrogen-bond donors (Lipinski definition) is 1. The van der Waals surface area contributed by atoms with Crippen molar-refractivity contribution in [3.8, 4) is 0 Å². The highest BCUT2D eigenvalue weighted by Crippen LogP contribution is 2.38. The van der Waals surface area contributed by atoms with Gasteiger partial charge in [-0.05, 0) is 58.7 Å². The van der Waals surface area contributed by atoms with Crippen LogP contribution < -0.4 is 5.32 Å². The first-order chi connectivity index (χ1) is 9.98. The molecule has 1 N–H and O–H groups in total. The number of hydrogen-bond acceptors (Lipinski definition) is 2. The third-order valence-corrected chi connectivity index (χ3v) is 4.86. The molecular weight excluding hydrogens is 258 g/mol. The van der Waals surface area contributed by atoms with Crippen molar-refractivity contribution < 1.29 is 0 Å². The Morgan fingerprint density at radius 2 is 2.05 bits per heavy atom. The summed E-state index contributed by atoms with van der Waals surface area (Å²) < 4.78 is 2.47. The molecule has 1 unspecified atom stereocenters. The Morgan fingerprint density at radius 1 is 1.29 bits per heavy atom. The molecule has 1 aliphatic rings.